The van der Waals surface area contributed by atoms with E-state index in [4.69, 9.17) is 20.5 Å². The molecule has 0 aliphatic carbocycles. The molecule has 0 spiro atoms. The maximum absolute atomic E-state index is 11.7. The minimum absolute atomic E-state index is 0. The van der Waals surface area contributed by atoms with Gasteiger partial charge in [0.25, 0.3) is 11.1 Å². The number of aromatic nitrogens is 2. The summed E-state index contributed by atoms with van der Waals surface area (Å²) in [4.78, 5) is 39.8. The predicted octanol–water partition coefficient (Wildman–Crippen LogP) is 19.6. The van der Waals surface area contributed by atoms with Crippen molar-refractivity contribution in [3.63, 3.8) is 0 Å². The van der Waals surface area contributed by atoms with Crippen molar-refractivity contribution in [1.82, 2.24) is 9.97 Å². The number of hydrogen-bond acceptors (Lipinski definition) is 7. The van der Waals surface area contributed by atoms with Crippen LogP contribution in [0.4, 0.5) is 16.2 Å². The summed E-state index contributed by atoms with van der Waals surface area (Å²) < 4.78 is 5.99. The number of anilines is 2. The van der Waals surface area contributed by atoms with Crippen LogP contribution in [0.2, 0.25) is 0 Å². The van der Waals surface area contributed by atoms with E-state index in [1.54, 1.807) is 51.4 Å². The van der Waals surface area contributed by atoms with Gasteiger partial charge in [-0.05, 0) is 185 Å². The summed E-state index contributed by atoms with van der Waals surface area (Å²) in [6, 6.07) is 158. The number of H-pyrrole nitrogens is 2. The molecule has 16 aromatic carbocycles. The molecule has 0 fully saturated rings. The van der Waals surface area contributed by atoms with Gasteiger partial charge in [-0.2, -0.15) is 0 Å². The molecule has 2 heterocycles. The van der Waals surface area contributed by atoms with E-state index >= 15 is 0 Å². The Kier molecular flexibility index (Phi) is 36.3. The molecule has 124 heavy (non-hydrogen) atoms. The predicted molar refractivity (Wildman–Crippen MR) is 533 cm³/mol. The van der Waals surface area contributed by atoms with Crippen LogP contribution in [0.5, 0.6) is 0 Å². The standard InChI is InChI=1S/4C18H15P.C15H12N2O.C11H16BNO4.C9H6BrNO.Pd/c4*1-4-10-16(11-5-1)19(17-12-6-2-7-13-17)18-14-8-3-9-15-18;16-11-7-5-10(6-8-11)14-9-17-15(18)13-4-2-1-3-12(13)14;1-11(2,3)17-10(14)13-9-6-4-8(5-7-9)12(15)16;10-8-5-11-9(12)7-4-2-1-3-6(7)8;/h4*1-15H;1-9H,16H2,(H,17,18);4-7,15-16H,1-3H3,(H,13,14);1-5H,(H,11,12);. The number of benzene rings is 16. The van der Waals surface area contributed by atoms with E-state index in [1.165, 1.54) is 75.8 Å². The number of carbonyl (C=O) groups is 1. The fourth-order valence-corrected chi connectivity index (χ4v) is 22.8. The Bertz CT molecular complexity index is 5440. The summed E-state index contributed by atoms with van der Waals surface area (Å²) in [5, 5.41) is 40.4. The number of pyridine rings is 2. The van der Waals surface area contributed by atoms with Crippen molar-refractivity contribution >= 4 is 163 Å². The Hall–Kier alpha value is -12.1. The van der Waals surface area contributed by atoms with Gasteiger partial charge in [-0.25, -0.2) is 4.79 Å². The van der Waals surface area contributed by atoms with E-state index in [-0.39, 0.29) is 31.5 Å². The summed E-state index contributed by atoms with van der Waals surface area (Å²) in [5.41, 5.74) is 8.69. The van der Waals surface area contributed by atoms with Gasteiger partial charge in [0, 0.05) is 70.4 Å². The third-order valence-corrected chi connectivity index (χ3v) is 29.2. The van der Waals surface area contributed by atoms with Crippen molar-refractivity contribution in [2.45, 2.75) is 26.4 Å². The fourth-order valence-electron chi connectivity index (χ4n) is 13.2. The molecule has 0 unspecified atom stereocenters. The van der Waals surface area contributed by atoms with E-state index in [0.29, 0.717) is 21.9 Å². The summed E-state index contributed by atoms with van der Waals surface area (Å²) in [6.07, 6.45) is 2.86. The Morgan fingerprint density at radius 2 is 0.548 bits per heavy atom. The second-order valence-corrected chi connectivity index (χ2v) is 38.4. The third-order valence-electron chi connectivity index (χ3n) is 18.8. The largest absolute Gasteiger partial charge is 0.488 e. The molecular weight excluding hydrogens is 1760 g/mol. The smallest absolute Gasteiger partial charge is 0.444 e. The van der Waals surface area contributed by atoms with E-state index < -0.39 is 50.5 Å². The number of nitrogens with one attached hydrogen (secondary N) is 3. The number of nitrogens with two attached hydrogens (primary N) is 1. The Labute approximate surface area is 754 Å². The summed E-state index contributed by atoms with van der Waals surface area (Å²) in [6.45, 7) is 5.33. The fraction of sp³-hybridized carbons (Fsp3) is 0.0374. The number of rotatable bonds is 15. The van der Waals surface area contributed by atoms with Crippen molar-refractivity contribution in [1.29, 1.82) is 0 Å². The van der Waals surface area contributed by atoms with Crippen molar-refractivity contribution < 1.29 is 40.0 Å². The Morgan fingerprint density at radius 3 is 0.790 bits per heavy atom. The topological polar surface area (TPSA) is 171 Å². The molecule has 0 atom stereocenters. The molecule has 18 rings (SSSR count). The minimum Gasteiger partial charge on any atom is -0.444 e. The SMILES string of the molecule is CC(C)(C)OC(=O)Nc1ccc(B(O)O)cc1.Nc1ccc(-c2c[nH]c(=O)c3ccccc23)cc1.O=c1[nH]cc(Br)c2ccccc12.[Pd].c1ccc(P(c2ccccc2)c2ccccc2)cc1.c1ccc(P(c2ccccc2)c2ccccc2)cc1.c1ccc(P(c2ccccc2)c2ccccc2)cc1.c1ccc(P(c2ccccc2)c2ccccc2)cc1. The number of amides is 1. The van der Waals surface area contributed by atoms with E-state index in [0.717, 1.165) is 32.1 Å². The van der Waals surface area contributed by atoms with Crippen LogP contribution in [-0.2, 0) is 25.2 Å². The van der Waals surface area contributed by atoms with Crippen LogP contribution in [0.3, 0.4) is 0 Å². The number of carbonyl (C=O) groups excluding carboxylic acids is 1. The van der Waals surface area contributed by atoms with Crippen molar-refractivity contribution in [3.8, 4) is 11.1 Å². The first-order valence-electron chi connectivity index (χ1n) is 40.1. The monoisotopic (exact) mass is 1850 g/mol. The zero-order chi connectivity index (χ0) is 85.8. The van der Waals surface area contributed by atoms with Gasteiger partial charge < -0.3 is 30.5 Å². The molecule has 7 N–H and O–H groups in total. The van der Waals surface area contributed by atoms with Crippen molar-refractivity contribution in [2.75, 3.05) is 11.1 Å². The van der Waals surface area contributed by atoms with Crippen LogP contribution in [0.15, 0.2) is 487 Å². The van der Waals surface area contributed by atoms with E-state index in [2.05, 4.69) is 395 Å². The van der Waals surface area contributed by atoms with Crippen molar-refractivity contribution in [2.24, 2.45) is 0 Å². The molecular formula is C107H94BBrN4O6P4Pd. The summed E-state index contributed by atoms with van der Waals surface area (Å²) >= 11 is 3.36. The molecule has 0 saturated heterocycles. The normalized spacial score (nSPS) is 10.5. The first-order valence-corrected chi connectivity index (χ1v) is 46.3. The molecule has 618 valence electrons. The molecule has 17 heteroatoms. The second kappa shape index (κ2) is 48.6. The van der Waals surface area contributed by atoms with Gasteiger partial charge in [-0.3, -0.25) is 14.9 Å². The molecule has 1 amide bonds. The van der Waals surface area contributed by atoms with Crippen LogP contribution in [0.25, 0.3) is 32.7 Å². The number of hydrogen-bond donors (Lipinski definition) is 6. The number of fused-ring (bicyclic) bond motifs is 2. The summed E-state index contributed by atoms with van der Waals surface area (Å²) in [5.74, 6) is 0. The van der Waals surface area contributed by atoms with E-state index in [1.807, 2.05) is 66.7 Å². The molecule has 0 radical (unpaired) electrons. The number of aromatic amines is 2. The molecule has 18 aromatic rings. The van der Waals surface area contributed by atoms with Crippen molar-refractivity contribution in [3.05, 3.63) is 499 Å². The van der Waals surface area contributed by atoms with Gasteiger partial charge in [0.1, 0.15) is 5.60 Å². The second-order valence-electron chi connectivity index (χ2n) is 28.7. The minimum atomic E-state index is -1.51. The molecule has 10 nitrogen and oxygen atoms in total. The maximum Gasteiger partial charge on any atom is 0.488 e. The van der Waals surface area contributed by atoms with Gasteiger partial charge in [0.2, 0.25) is 0 Å². The zero-order valence-electron chi connectivity index (χ0n) is 68.7. The van der Waals surface area contributed by atoms with Crippen LogP contribution >= 0.6 is 47.6 Å². The van der Waals surface area contributed by atoms with Crippen LogP contribution in [0, 0.1) is 0 Å². The zero-order valence-corrected chi connectivity index (χ0v) is 75.4. The van der Waals surface area contributed by atoms with E-state index in [9.17, 15) is 14.4 Å². The number of ether oxygens (including phenoxy) is 1. The maximum atomic E-state index is 11.7. The first kappa shape index (κ1) is 92.6. The average molecular weight is 1850 g/mol. The van der Waals surface area contributed by atoms with Gasteiger partial charge in [-0.15, -0.1) is 0 Å². The molecule has 0 aliphatic heterocycles. The first-order chi connectivity index (χ1) is 60.1. The number of nitrogen functional groups attached to an aromatic ring is 1. The molecule has 0 bridgehead atoms. The van der Waals surface area contributed by atoms with Gasteiger partial charge in [0.15, 0.2) is 0 Å². The Balaban J connectivity index is 0.000000141. The third kappa shape index (κ3) is 27.7. The Morgan fingerprint density at radius 1 is 0.323 bits per heavy atom. The molecule has 2 aromatic heterocycles. The van der Waals surface area contributed by atoms with Gasteiger partial charge in [0.05, 0.1) is 0 Å². The van der Waals surface area contributed by atoms with Gasteiger partial charge in [-0.1, -0.05) is 425 Å². The van der Waals surface area contributed by atoms with Crippen LogP contribution < -0.4 is 91.3 Å². The van der Waals surface area contributed by atoms with Crippen LogP contribution in [0.1, 0.15) is 20.8 Å². The summed E-state index contributed by atoms with van der Waals surface area (Å²) in [7, 11) is -3.29. The number of halogens is 1. The van der Waals surface area contributed by atoms with Gasteiger partial charge >= 0.3 is 13.2 Å². The quantitative estimate of drug-likeness (QED) is 0.0337. The average Bonchev–Trinajstić information content (AvgIpc) is 0.791. The molecule has 0 saturated carbocycles. The van der Waals surface area contributed by atoms with Crippen LogP contribution in [-0.4, -0.2) is 38.8 Å². The molecule has 0 aliphatic rings.